The third kappa shape index (κ3) is 5.04. The first kappa shape index (κ1) is 14.6. The molecule has 0 radical (unpaired) electrons. The lowest BCUT2D eigenvalue weighted by Crippen LogP contribution is -2.32. The molecule has 0 spiro atoms. The van der Waals surface area contributed by atoms with E-state index in [2.05, 4.69) is 9.80 Å². The van der Waals surface area contributed by atoms with Crippen molar-refractivity contribution in [2.45, 2.75) is 38.2 Å². The van der Waals surface area contributed by atoms with Crippen molar-refractivity contribution in [3.05, 3.63) is 0 Å². The SMILES string of the molecule is ClCCN1CCCN(CCCC2CCCO2)CC1. The lowest BCUT2D eigenvalue weighted by Gasteiger charge is -2.21. The van der Waals surface area contributed by atoms with Crippen LogP contribution in [0.25, 0.3) is 0 Å². The Kier molecular flexibility index (Phi) is 6.77. The Morgan fingerprint density at radius 2 is 1.78 bits per heavy atom. The van der Waals surface area contributed by atoms with Crippen LogP contribution in [0.5, 0.6) is 0 Å². The Labute approximate surface area is 116 Å². The maximum atomic E-state index is 5.81. The second-order valence-corrected chi connectivity index (χ2v) is 5.88. The molecule has 0 amide bonds. The minimum atomic E-state index is 0.560. The van der Waals surface area contributed by atoms with Crippen molar-refractivity contribution in [1.29, 1.82) is 0 Å². The van der Waals surface area contributed by atoms with Gasteiger partial charge in [-0.05, 0) is 51.7 Å². The van der Waals surface area contributed by atoms with Crippen LogP contribution in [0.2, 0.25) is 0 Å². The molecule has 0 aromatic heterocycles. The van der Waals surface area contributed by atoms with Gasteiger partial charge in [0.1, 0.15) is 0 Å². The average Bonchev–Trinajstić information content (AvgIpc) is 2.78. The molecule has 2 fully saturated rings. The van der Waals surface area contributed by atoms with Crippen LogP contribution in [-0.2, 0) is 4.74 Å². The molecule has 2 aliphatic heterocycles. The maximum Gasteiger partial charge on any atom is 0.0576 e. The largest absolute Gasteiger partial charge is 0.378 e. The van der Waals surface area contributed by atoms with Gasteiger partial charge in [0.05, 0.1) is 6.10 Å². The Hall–Kier alpha value is 0.170. The quantitative estimate of drug-likeness (QED) is 0.691. The van der Waals surface area contributed by atoms with E-state index in [4.69, 9.17) is 16.3 Å². The number of rotatable bonds is 6. The van der Waals surface area contributed by atoms with Crippen molar-refractivity contribution in [3.63, 3.8) is 0 Å². The third-order valence-corrected chi connectivity index (χ3v) is 4.28. The molecule has 0 N–H and O–H groups in total. The van der Waals surface area contributed by atoms with Crippen LogP contribution in [0.15, 0.2) is 0 Å². The minimum absolute atomic E-state index is 0.560. The summed E-state index contributed by atoms with van der Waals surface area (Å²) in [4.78, 5) is 5.11. The summed E-state index contributed by atoms with van der Waals surface area (Å²) < 4.78 is 5.67. The highest BCUT2D eigenvalue weighted by Gasteiger charge is 2.17. The van der Waals surface area contributed by atoms with Crippen molar-refractivity contribution in [2.75, 3.05) is 51.8 Å². The lowest BCUT2D eigenvalue weighted by atomic mass is 10.1. The molecule has 3 nitrogen and oxygen atoms in total. The van der Waals surface area contributed by atoms with Crippen LogP contribution in [0, 0.1) is 0 Å². The van der Waals surface area contributed by atoms with Gasteiger partial charge in [-0.25, -0.2) is 0 Å². The summed E-state index contributed by atoms with van der Waals surface area (Å²) in [6.45, 7) is 8.15. The standard InChI is InChI=1S/C14H27ClN2O/c15-6-10-17-9-3-8-16(11-12-17)7-1-4-14-5-2-13-18-14/h14H,1-13H2. The van der Waals surface area contributed by atoms with Crippen molar-refractivity contribution in [1.82, 2.24) is 9.80 Å². The highest BCUT2D eigenvalue weighted by molar-refractivity contribution is 6.18. The van der Waals surface area contributed by atoms with Gasteiger partial charge in [-0.2, -0.15) is 0 Å². The van der Waals surface area contributed by atoms with E-state index in [1.165, 1.54) is 64.8 Å². The van der Waals surface area contributed by atoms with Crippen LogP contribution in [0.4, 0.5) is 0 Å². The van der Waals surface area contributed by atoms with Gasteiger partial charge >= 0.3 is 0 Å². The minimum Gasteiger partial charge on any atom is -0.378 e. The summed E-state index contributed by atoms with van der Waals surface area (Å²) >= 11 is 5.81. The van der Waals surface area contributed by atoms with Gasteiger partial charge in [0.25, 0.3) is 0 Å². The van der Waals surface area contributed by atoms with Gasteiger partial charge in [0.2, 0.25) is 0 Å². The summed E-state index contributed by atoms with van der Waals surface area (Å²) in [5.41, 5.74) is 0. The Morgan fingerprint density at radius 3 is 2.44 bits per heavy atom. The Morgan fingerprint density at radius 1 is 1.00 bits per heavy atom. The first-order valence-corrected chi connectivity index (χ1v) is 8.04. The molecule has 18 heavy (non-hydrogen) atoms. The van der Waals surface area contributed by atoms with E-state index in [-0.39, 0.29) is 0 Å². The number of hydrogen-bond donors (Lipinski definition) is 0. The molecule has 1 atom stereocenters. The van der Waals surface area contributed by atoms with Crippen LogP contribution in [0.3, 0.4) is 0 Å². The van der Waals surface area contributed by atoms with E-state index in [1.807, 2.05) is 0 Å². The highest BCUT2D eigenvalue weighted by Crippen LogP contribution is 2.17. The number of alkyl halides is 1. The summed E-state index contributed by atoms with van der Waals surface area (Å²) in [5.74, 6) is 0.763. The molecule has 1 unspecified atom stereocenters. The Balaban J connectivity index is 1.58. The number of halogens is 1. The Bertz CT molecular complexity index is 222. The van der Waals surface area contributed by atoms with E-state index >= 15 is 0 Å². The normalized spacial score (nSPS) is 27.5. The van der Waals surface area contributed by atoms with Gasteiger partial charge in [-0.3, -0.25) is 0 Å². The predicted octanol–water partition coefficient (Wildman–Crippen LogP) is 2.19. The zero-order valence-corrected chi connectivity index (χ0v) is 12.2. The fraction of sp³-hybridized carbons (Fsp3) is 1.00. The molecule has 2 rings (SSSR count). The van der Waals surface area contributed by atoms with Crippen molar-refractivity contribution in [2.24, 2.45) is 0 Å². The molecule has 0 bridgehead atoms. The zero-order valence-electron chi connectivity index (χ0n) is 11.5. The topological polar surface area (TPSA) is 15.7 Å². The van der Waals surface area contributed by atoms with Crippen molar-refractivity contribution >= 4 is 11.6 Å². The van der Waals surface area contributed by atoms with E-state index in [1.54, 1.807) is 0 Å². The third-order valence-electron chi connectivity index (χ3n) is 4.11. The molecule has 4 heteroatoms. The summed E-state index contributed by atoms with van der Waals surface area (Å²) in [6.07, 6.45) is 6.94. The summed E-state index contributed by atoms with van der Waals surface area (Å²) in [5, 5.41) is 0. The molecule has 0 aromatic rings. The molecule has 2 heterocycles. The molecule has 0 aliphatic carbocycles. The van der Waals surface area contributed by atoms with E-state index < -0.39 is 0 Å². The smallest absolute Gasteiger partial charge is 0.0576 e. The van der Waals surface area contributed by atoms with Crippen molar-refractivity contribution in [3.8, 4) is 0 Å². The second-order valence-electron chi connectivity index (χ2n) is 5.50. The van der Waals surface area contributed by atoms with Crippen LogP contribution < -0.4 is 0 Å². The first-order valence-electron chi connectivity index (χ1n) is 7.51. The van der Waals surface area contributed by atoms with Crippen LogP contribution >= 0.6 is 11.6 Å². The average molecular weight is 275 g/mol. The van der Waals surface area contributed by atoms with Gasteiger partial charge in [-0.15, -0.1) is 11.6 Å². The van der Waals surface area contributed by atoms with E-state index in [0.717, 1.165) is 19.0 Å². The molecule has 2 aliphatic rings. The van der Waals surface area contributed by atoms with E-state index in [9.17, 15) is 0 Å². The van der Waals surface area contributed by atoms with Crippen molar-refractivity contribution < 1.29 is 4.74 Å². The van der Waals surface area contributed by atoms with E-state index in [0.29, 0.717) is 6.10 Å². The molecule has 0 aromatic carbocycles. The van der Waals surface area contributed by atoms with Gasteiger partial charge in [-0.1, -0.05) is 0 Å². The van der Waals surface area contributed by atoms with Crippen LogP contribution in [-0.4, -0.2) is 67.7 Å². The predicted molar refractivity (Wildman–Crippen MR) is 76.4 cm³/mol. The van der Waals surface area contributed by atoms with Gasteiger partial charge < -0.3 is 14.5 Å². The summed E-state index contributed by atoms with van der Waals surface area (Å²) in [7, 11) is 0. The summed E-state index contributed by atoms with van der Waals surface area (Å²) in [6, 6.07) is 0. The first-order chi connectivity index (χ1) is 8.88. The monoisotopic (exact) mass is 274 g/mol. The highest BCUT2D eigenvalue weighted by atomic mass is 35.5. The second kappa shape index (κ2) is 8.36. The molecular weight excluding hydrogens is 248 g/mol. The number of nitrogens with zero attached hydrogens (tertiary/aromatic N) is 2. The fourth-order valence-electron chi connectivity index (χ4n) is 3.01. The molecule has 0 saturated carbocycles. The number of hydrogen-bond acceptors (Lipinski definition) is 3. The molecule has 2 saturated heterocycles. The zero-order chi connectivity index (χ0) is 12.6. The van der Waals surface area contributed by atoms with Gasteiger partial charge in [0.15, 0.2) is 0 Å². The number of ether oxygens (including phenoxy) is 1. The fourth-order valence-corrected chi connectivity index (χ4v) is 3.24. The van der Waals surface area contributed by atoms with Gasteiger partial charge in [0, 0.05) is 32.1 Å². The molecule has 106 valence electrons. The molecular formula is C14H27ClN2O. The lowest BCUT2D eigenvalue weighted by molar-refractivity contribution is 0.0988. The maximum absolute atomic E-state index is 5.81. The van der Waals surface area contributed by atoms with Crippen LogP contribution in [0.1, 0.15) is 32.1 Å².